The van der Waals surface area contributed by atoms with Crippen molar-refractivity contribution in [3.63, 3.8) is 0 Å². The van der Waals surface area contributed by atoms with Crippen molar-refractivity contribution < 1.29 is 9.90 Å². The van der Waals surface area contributed by atoms with Crippen LogP contribution in [0.15, 0.2) is 12.1 Å². The standard InChI is InChI=1S/C15H22ClN3O2/c1-11-4-5-12(13(16)17-11)14(20)19(3)10-15(21)6-8-18(2)9-7-15/h4-5,21H,6-10H2,1-3H3. The van der Waals surface area contributed by atoms with E-state index in [1.165, 1.54) is 4.90 Å². The number of hydrogen-bond acceptors (Lipinski definition) is 4. The van der Waals surface area contributed by atoms with Crippen molar-refractivity contribution in [3.05, 3.63) is 28.5 Å². The number of hydrogen-bond donors (Lipinski definition) is 1. The highest BCUT2D eigenvalue weighted by Gasteiger charge is 2.33. The van der Waals surface area contributed by atoms with Gasteiger partial charge in [-0.05, 0) is 38.9 Å². The van der Waals surface area contributed by atoms with Crippen molar-refractivity contribution in [2.24, 2.45) is 0 Å². The van der Waals surface area contributed by atoms with Crippen LogP contribution in [0.3, 0.4) is 0 Å². The number of halogens is 1. The minimum Gasteiger partial charge on any atom is -0.388 e. The number of amides is 1. The minimum atomic E-state index is -0.818. The van der Waals surface area contributed by atoms with Crippen LogP contribution in [0.1, 0.15) is 28.9 Å². The third kappa shape index (κ3) is 3.93. The van der Waals surface area contributed by atoms with Gasteiger partial charge in [0.1, 0.15) is 5.15 Å². The number of likely N-dealkylation sites (tertiary alicyclic amines) is 1. The number of carbonyl (C=O) groups is 1. The molecular formula is C15H22ClN3O2. The second-order valence-corrected chi connectivity index (χ2v) is 6.34. The van der Waals surface area contributed by atoms with E-state index in [4.69, 9.17) is 11.6 Å². The molecule has 5 nitrogen and oxygen atoms in total. The average molecular weight is 312 g/mol. The van der Waals surface area contributed by atoms with Crippen molar-refractivity contribution >= 4 is 17.5 Å². The molecule has 116 valence electrons. The lowest BCUT2D eigenvalue weighted by atomic mass is 9.91. The fourth-order valence-corrected chi connectivity index (χ4v) is 2.87. The number of nitrogens with zero attached hydrogens (tertiary/aromatic N) is 3. The summed E-state index contributed by atoms with van der Waals surface area (Å²) in [5, 5.41) is 10.8. The molecule has 6 heteroatoms. The van der Waals surface area contributed by atoms with Crippen LogP contribution in [0.25, 0.3) is 0 Å². The summed E-state index contributed by atoms with van der Waals surface area (Å²) < 4.78 is 0. The monoisotopic (exact) mass is 311 g/mol. The van der Waals surface area contributed by atoms with E-state index in [2.05, 4.69) is 9.88 Å². The molecule has 0 atom stereocenters. The van der Waals surface area contributed by atoms with Crippen molar-refractivity contribution in [2.75, 3.05) is 33.7 Å². The summed E-state index contributed by atoms with van der Waals surface area (Å²) in [6.07, 6.45) is 1.34. The van der Waals surface area contributed by atoms with Crippen molar-refractivity contribution in [3.8, 4) is 0 Å². The molecule has 1 aliphatic rings. The maximum absolute atomic E-state index is 12.4. The number of aryl methyl sites for hydroxylation is 1. The van der Waals surface area contributed by atoms with Gasteiger partial charge in [0.25, 0.3) is 5.91 Å². The lowest BCUT2D eigenvalue weighted by Crippen LogP contribution is -2.50. The van der Waals surface area contributed by atoms with Crippen LogP contribution in [-0.2, 0) is 0 Å². The van der Waals surface area contributed by atoms with Gasteiger partial charge in [-0.2, -0.15) is 0 Å². The number of carbonyl (C=O) groups excluding carboxylic acids is 1. The van der Waals surface area contributed by atoms with Crippen LogP contribution in [-0.4, -0.2) is 65.1 Å². The summed E-state index contributed by atoms with van der Waals surface area (Å²) in [6, 6.07) is 3.44. The van der Waals surface area contributed by atoms with Crippen LogP contribution in [0.2, 0.25) is 5.15 Å². The van der Waals surface area contributed by atoms with Crippen LogP contribution >= 0.6 is 11.6 Å². The van der Waals surface area contributed by atoms with E-state index in [1.807, 2.05) is 14.0 Å². The van der Waals surface area contributed by atoms with Gasteiger partial charge >= 0.3 is 0 Å². The highest BCUT2D eigenvalue weighted by Crippen LogP contribution is 2.23. The first kappa shape index (κ1) is 16.2. The van der Waals surface area contributed by atoms with E-state index >= 15 is 0 Å². The largest absolute Gasteiger partial charge is 0.388 e. The fourth-order valence-electron chi connectivity index (χ4n) is 2.60. The Bertz CT molecular complexity index is 528. The smallest absolute Gasteiger partial charge is 0.256 e. The van der Waals surface area contributed by atoms with E-state index in [0.29, 0.717) is 24.9 Å². The predicted octanol–water partition coefficient (Wildman–Crippen LogP) is 1.57. The van der Waals surface area contributed by atoms with E-state index in [9.17, 15) is 9.90 Å². The highest BCUT2D eigenvalue weighted by atomic mass is 35.5. The summed E-state index contributed by atoms with van der Waals surface area (Å²) in [5.41, 5.74) is 0.330. The van der Waals surface area contributed by atoms with Gasteiger partial charge in [-0.25, -0.2) is 4.98 Å². The number of pyridine rings is 1. The van der Waals surface area contributed by atoms with Gasteiger partial charge in [0.15, 0.2) is 0 Å². The molecule has 1 amide bonds. The van der Waals surface area contributed by atoms with Crippen LogP contribution in [0, 0.1) is 6.92 Å². The van der Waals surface area contributed by atoms with Gasteiger partial charge < -0.3 is 14.9 Å². The lowest BCUT2D eigenvalue weighted by Gasteiger charge is -2.38. The van der Waals surface area contributed by atoms with Crippen LogP contribution in [0.5, 0.6) is 0 Å². The molecule has 0 radical (unpaired) electrons. The van der Waals surface area contributed by atoms with Crippen molar-refractivity contribution in [1.82, 2.24) is 14.8 Å². The van der Waals surface area contributed by atoms with E-state index in [-0.39, 0.29) is 11.1 Å². The van der Waals surface area contributed by atoms with Gasteiger partial charge in [0.05, 0.1) is 11.2 Å². The Morgan fingerprint density at radius 2 is 2.10 bits per heavy atom. The molecule has 0 unspecified atom stereocenters. The van der Waals surface area contributed by atoms with Crippen molar-refractivity contribution in [1.29, 1.82) is 0 Å². The molecular weight excluding hydrogens is 290 g/mol. The number of rotatable bonds is 3. The molecule has 0 saturated carbocycles. The van der Waals surface area contributed by atoms with E-state index < -0.39 is 5.60 Å². The first-order chi connectivity index (χ1) is 9.81. The van der Waals surface area contributed by atoms with E-state index in [0.717, 1.165) is 18.8 Å². The zero-order valence-electron chi connectivity index (χ0n) is 12.8. The summed E-state index contributed by atoms with van der Waals surface area (Å²) in [4.78, 5) is 20.2. The predicted molar refractivity (Wildman–Crippen MR) is 82.6 cm³/mol. The molecule has 0 bridgehead atoms. The quantitative estimate of drug-likeness (QED) is 0.861. The lowest BCUT2D eigenvalue weighted by molar-refractivity contribution is -0.0330. The molecule has 1 N–H and O–H groups in total. The molecule has 1 fully saturated rings. The Kier molecular flexibility index (Phi) is 4.86. The zero-order chi connectivity index (χ0) is 15.6. The molecule has 0 aliphatic carbocycles. The first-order valence-electron chi connectivity index (χ1n) is 7.10. The van der Waals surface area contributed by atoms with Gasteiger partial charge in [-0.1, -0.05) is 11.6 Å². The molecule has 2 heterocycles. The molecule has 21 heavy (non-hydrogen) atoms. The number of aliphatic hydroxyl groups is 1. The van der Waals surface area contributed by atoms with Crippen molar-refractivity contribution in [2.45, 2.75) is 25.4 Å². The Balaban J connectivity index is 2.05. The molecule has 1 aliphatic heterocycles. The highest BCUT2D eigenvalue weighted by molar-refractivity contribution is 6.32. The average Bonchev–Trinajstić information content (AvgIpc) is 2.42. The molecule has 1 saturated heterocycles. The van der Waals surface area contributed by atoms with E-state index in [1.54, 1.807) is 19.2 Å². The third-order valence-corrected chi connectivity index (χ3v) is 4.30. The number of likely N-dealkylation sites (N-methyl/N-ethyl adjacent to an activating group) is 1. The normalized spacial score (nSPS) is 18.5. The SMILES string of the molecule is Cc1ccc(C(=O)N(C)CC2(O)CCN(C)CC2)c(Cl)n1. The maximum Gasteiger partial charge on any atom is 0.256 e. The van der Waals surface area contributed by atoms with Gasteiger partial charge in [0.2, 0.25) is 0 Å². The Hall–Kier alpha value is -1.17. The third-order valence-electron chi connectivity index (χ3n) is 4.01. The maximum atomic E-state index is 12.4. The Morgan fingerprint density at radius 3 is 2.67 bits per heavy atom. The van der Waals surface area contributed by atoms with Gasteiger partial charge in [0, 0.05) is 32.4 Å². The molecule has 0 aromatic carbocycles. The van der Waals surface area contributed by atoms with Crippen LogP contribution < -0.4 is 0 Å². The Labute approximate surface area is 130 Å². The topological polar surface area (TPSA) is 56.7 Å². The summed E-state index contributed by atoms with van der Waals surface area (Å²) in [5.74, 6) is -0.208. The molecule has 1 aromatic heterocycles. The fraction of sp³-hybridized carbons (Fsp3) is 0.600. The van der Waals surface area contributed by atoms with Crippen LogP contribution in [0.4, 0.5) is 0 Å². The second-order valence-electron chi connectivity index (χ2n) is 5.98. The number of piperidine rings is 1. The van der Waals surface area contributed by atoms with Gasteiger partial charge in [-0.15, -0.1) is 0 Å². The summed E-state index contributed by atoms with van der Waals surface area (Å²) >= 11 is 6.04. The summed E-state index contributed by atoms with van der Waals surface area (Å²) in [7, 11) is 3.72. The molecule has 1 aromatic rings. The molecule has 2 rings (SSSR count). The minimum absolute atomic E-state index is 0.208. The zero-order valence-corrected chi connectivity index (χ0v) is 13.5. The molecule has 0 spiro atoms. The Morgan fingerprint density at radius 1 is 1.48 bits per heavy atom. The van der Waals surface area contributed by atoms with Gasteiger partial charge in [-0.3, -0.25) is 4.79 Å². The first-order valence-corrected chi connectivity index (χ1v) is 7.48. The second kappa shape index (κ2) is 6.30. The number of aromatic nitrogens is 1. The summed E-state index contributed by atoms with van der Waals surface area (Å²) in [6.45, 7) is 3.81.